The average molecular weight is 693 g/mol. The summed E-state index contributed by atoms with van der Waals surface area (Å²) in [5, 5.41) is 25.8. The van der Waals surface area contributed by atoms with Crippen LogP contribution in [0.2, 0.25) is 0 Å². The maximum atomic E-state index is 13.5. The summed E-state index contributed by atoms with van der Waals surface area (Å²) in [4.78, 5) is 70.5. The van der Waals surface area contributed by atoms with Gasteiger partial charge < -0.3 is 35.2 Å². The van der Waals surface area contributed by atoms with E-state index in [0.29, 0.717) is 16.7 Å². The largest absolute Gasteiger partial charge is 1.00 e. The van der Waals surface area contributed by atoms with Crippen molar-refractivity contribution in [3.05, 3.63) is 95.0 Å². The summed E-state index contributed by atoms with van der Waals surface area (Å²) in [5.74, 6) is -5.86. The number of carboxylic acid groups (broad SMARTS) is 2. The van der Waals surface area contributed by atoms with Crippen LogP contribution in [0.3, 0.4) is 0 Å². The summed E-state index contributed by atoms with van der Waals surface area (Å²) in [6.45, 7) is 0.0671. The van der Waals surface area contributed by atoms with Crippen LogP contribution >= 0.6 is 11.8 Å². The van der Waals surface area contributed by atoms with Crippen molar-refractivity contribution in [2.45, 2.75) is 30.4 Å². The number of hydrogen-bond donors (Lipinski definition) is 4. The Balaban J connectivity index is 0.00000500. The van der Waals surface area contributed by atoms with Crippen molar-refractivity contribution in [1.29, 1.82) is 0 Å². The Bertz CT molecular complexity index is 1850. The number of H-pyrrole nitrogens is 1. The zero-order valence-electron chi connectivity index (χ0n) is 24.6. The van der Waals surface area contributed by atoms with Crippen LogP contribution in [-0.4, -0.2) is 85.5 Å². The Morgan fingerprint density at radius 3 is 2.45 bits per heavy atom. The molecule has 0 unspecified atom stereocenters. The zero-order valence-corrected chi connectivity index (χ0v) is 28.2. The number of aromatic nitrogens is 3. The van der Waals surface area contributed by atoms with E-state index < -0.39 is 74.4 Å². The molecule has 2 aliphatic heterocycles. The van der Waals surface area contributed by atoms with Crippen molar-refractivity contribution in [1.82, 2.24) is 25.5 Å². The third-order valence-electron chi connectivity index (χ3n) is 7.25. The molecule has 4 heterocycles. The van der Waals surface area contributed by atoms with Crippen LogP contribution < -0.4 is 49.9 Å². The fraction of sp³-hybridized carbons (Fsp3) is 0.250. The molecule has 2 aliphatic rings. The van der Waals surface area contributed by atoms with E-state index in [1.54, 1.807) is 59.4 Å². The number of aromatic amines is 1. The van der Waals surface area contributed by atoms with Crippen LogP contribution in [-0.2, 0) is 37.5 Å². The summed E-state index contributed by atoms with van der Waals surface area (Å²) >= 11 is 1.21. The van der Waals surface area contributed by atoms with E-state index in [1.165, 1.54) is 11.8 Å². The van der Waals surface area contributed by atoms with Crippen molar-refractivity contribution < 1.29 is 81.3 Å². The molecule has 47 heavy (non-hydrogen) atoms. The number of amides is 3. The predicted octanol–water partition coefficient (Wildman–Crippen LogP) is -4.94. The number of aliphatic carboxylic acids is 1. The first-order valence-corrected chi connectivity index (χ1v) is 16.2. The number of carbonyl (C=O) groups excluding carboxylic acids is 4. The second kappa shape index (κ2) is 14.8. The van der Waals surface area contributed by atoms with Crippen LogP contribution in [0.15, 0.2) is 72.5 Å². The number of aryl methyl sites for hydroxylation is 1. The minimum atomic E-state index is -4.38. The van der Waals surface area contributed by atoms with Gasteiger partial charge in [-0.2, -0.15) is 0 Å². The molecule has 0 saturated carbocycles. The molecule has 3 atom stereocenters. The maximum absolute atomic E-state index is 13.5. The Hall–Kier alpha value is -4.07. The smallest absolute Gasteiger partial charge is 0.748 e. The third kappa shape index (κ3) is 8.09. The number of thioether (sulfide) groups is 1. The molecule has 5 rings (SSSR count). The van der Waals surface area contributed by atoms with Crippen LogP contribution in [0.4, 0.5) is 0 Å². The van der Waals surface area contributed by atoms with Crippen molar-refractivity contribution in [3.8, 4) is 0 Å². The van der Waals surface area contributed by atoms with Gasteiger partial charge in [0.1, 0.15) is 17.5 Å². The Morgan fingerprint density at radius 2 is 1.83 bits per heavy atom. The minimum Gasteiger partial charge on any atom is -0.748 e. The SMILES string of the molecule is O=C([O-])C1=C(C[n+]2ccc(CCS(=O)(=O)[O-])cc2)CS[C@@H]2[C@H](NC(=O)[C@H](NC(=O)c3nc[nH]c3C(=O)O)c3ccccc3)C(=O)N12.[Na+]. The summed E-state index contributed by atoms with van der Waals surface area (Å²) in [6, 6.07) is 8.72. The summed E-state index contributed by atoms with van der Waals surface area (Å²) in [7, 11) is -4.38. The number of imidazole rings is 1. The number of β-lactam (4-membered cyclic amide) rings is 1. The summed E-state index contributed by atoms with van der Waals surface area (Å²) in [5.41, 5.74) is 0.0263. The quantitative estimate of drug-likeness (QED) is 0.0604. The van der Waals surface area contributed by atoms with Gasteiger partial charge in [-0.15, -0.1) is 11.8 Å². The van der Waals surface area contributed by atoms with Gasteiger partial charge in [0.05, 0.1) is 28.1 Å². The number of pyridine rings is 1. The van der Waals surface area contributed by atoms with Gasteiger partial charge in [-0.1, -0.05) is 30.3 Å². The molecule has 0 aliphatic carbocycles. The van der Waals surface area contributed by atoms with Crippen molar-refractivity contribution in [2.75, 3.05) is 11.5 Å². The summed E-state index contributed by atoms with van der Waals surface area (Å²) < 4.78 is 34.3. The first-order valence-electron chi connectivity index (χ1n) is 13.6. The first kappa shape index (κ1) is 35.8. The van der Waals surface area contributed by atoms with Gasteiger partial charge in [0.2, 0.25) is 5.91 Å². The van der Waals surface area contributed by atoms with Gasteiger partial charge in [0.25, 0.3) is 11.8 Å². The van der Waals surface area contributed by atoms with Crippen molar-refractivity contribution >= 4 is 51.5 Å². The molecule has 19 heteroatoms. The Morgan fingerprint density at radius 1 is 1.15 bits per heavy atom. The van der Waals surface area contributed by atoms with Gasteiger partial charge in [0.15, 0.2) is 30.3 Å². The second-order valence-electron chi connectivity index (χ2n) is 10.3. The number of carbonyl (C=O) groups is 5. The van der Waals surface area contributed by atoms with E-state index in [2.05, 4.69) is 20.6 Å². The number of carboxylic acids is 2. The van der Waals surface area contributed by atoms with E-state index in [1.807, 2.05) is 0 Å². The first-order chi connectivity index (χ1) is 21.8. The topological polar surface area (TPSA) is 246 Å². The number of rotatable bonds is 12. The standard InChI is InChI=1S/C28H26N6O10S2.Na/c35-23(18(16-4-2-1-3-5-16)31-24(36)19-20(27(38)39)30-14-29-19)32-21-25(37)34-22(28(40)41)17(13-45-26(21)34)12-33-9-6-15(7-10-33)8-11-46(42,43)44;/h1-7,9-10,14,18,21,26H,8,11-13H2,(H5-,29,30,31,32,35,36,38,39,40,41,42,43,44);/q;+1/p-1/t18-,21-,26-;/m1./s1. The van der Waals surface area contributed by atoms with E-state index in [0.717, 1.165) is 11.2 Å². The third-order valence-corrected chi connectivity index (χ3v) is 9.30. The van der Waals surface area contributed by atoms with E-state index in [4.69, 9.17) is 0 Å². The van der Waals surface area contributed by atoms with E-state index >= 15 is 0 Å². The molecule has 240 valence electrons. The van der Waals surface area contributed by atoms with Crippen LogP contribution in [0.1, 0.15) is 38.1 Å². The molecule has 1 aromatic carbocycles. The normalized spacial score (nSPS) is 17.9. The molecule has 2 aromatic heterocycles. The Kier molecular flexibility index (Phi) is 11.3. The maximum Gasteiger partial charge on any atom is 1.00 e. The molecule has 1 fully saturated rings. The predicted molar refractivity (Wildman–Crippen MR) is 154 cm³/mol. The molecule has 3 amide bonds. The van der Waals surface area contributed by atoms with Gasteiger partial charge in [-0.3, -0.25) is 19.3 Å². The summed E-state index contributed by atoms with van der Waals surface area (Å²) in [6.07, 6.45) is 4.22. The van der Waals surface area contributed by atoms with E-state index in [9.17, 15) is 47.2 Å². The Labute approximate surface area is 293 Å². The molecule has 0 bridgehead atoms. The fourth-order valence-electron chi connectivity index (χ4n) is 5.03. The fourth-order valence-corrected chi connectivity index (χ4v) is 6.85. The second-order valence-corrected chi connectivity index (χ2v) is 12.9. The van der Waals surface area contributed by atoms with Gasteiger partial charge in [-0.25, -0.2) is 22.8 Å². The zero-order chi connectivity index (χ0) is 33.2. The average Bonchev–Trinajstić information content (AvgIpc) is 3.52. The van der Waals surface area contributed by atoms with Crippen LogP contribution in [0.5, 0.6) is 0 Å². The molecule has 0 radical (unpaired) electrons. The van der Waals surface area contributed by atoms with Crippen LogP contribution in [0.25, 0.3) is 0 Å². The van der Waals surface area contributed by atoms with Gasteiger partial charge >= 0.3 is 35.5 Å². The number of aromatic carboxylic acids is 1. The molecule has 16 nitrogen and oxygen atoms in total. The molecule has 3 aromatic rings. The van der Waals surface area contributed by atoms with Crippen LogP contribution in [0, 0.1) is 0 Å². The molecule has 0 spiro atoms. The number of nitrogens with one attached hydrogen (secondary N) is 3. The van der Waals surface area contributed by atoms with Crippen molar-refractivity contribution in [3.63, 3.8) is 0 Å². The molecule has 4 N–H and O–H groups in total. The molecular weight excluding hydrogens is 667 g/mol. The van der Waals surface area contributed by atoms with Crippen molar-refractivity contribution in [2.24, 2.45) is 0 Å². The monoisotopic (exact) mass is 692 g/mol. The number of benzene rings is 1. The number of nitrogens with zero attached hydrogens (tertiary/aromatic N) is 3. The van der Waals surface area contributed by atoms with Gasteiger partial charge in [0, 0.05) is 29.2 Å². The molecular formula is C28H25N6NaO10S2. The number of fused-ring (bicyclic) bond motifs is 1. The number of hydrogen-bond acceptors (Lipinski definition) is 11. The molecule has 1 saturated heterocycles. The van der Waals surface area contributed by atoms with E-state index in [-0.39, 0.29) is 54.0 Å². The minimum absolute atomic E-state index is 0. The van der Waals surface area contributed by atoms with Gasteiger partial charge in [-0.05, 0) is 17.5 Å².